The Morgan fingerprint density at radius 1 is 1.27 bits per heavy atom. The first kappa shape index (κ1) is 19.4. The maximum atomic E-state index is 12.4. The van der Waals surface area contributed by atoms with Gasteiger partial charge in [0.25, 0.3) is 0 Å². The van der Waals surface area contributed by atoms with Gasteiger partial charge in [-0.2, -0.15) is 0 Å². The summed E-state index contributed by atoms with van der Waals surface area (Å²) in [6.45, 7) is 5.51. The van der Waals surface area contributed by atoms with Gasteiger partial charge in [0.2, 0.25) is 5.78 Å². The number of hydrogen-bond acceptors (Lipinski definition) is 7. The number of nitrogens with zero attached hydrogens (tertiary/aromatic N) is 1. The van der Waals surface area contributed by atoms with E-state index in [9.17, 15) is 14.4 Å². The molecule has 8 heteroatoms. The third kappa shape index (κ3) is 4.46. The molecule has 0 aromatic heterocycles. The summed E-state index contributed by atoms with van der Waals surface area (Å²) >= 11 is 3.20. The molecular formula is C18H23NO5S2. The molecule has 142 valence electrons. The summed E-state index contributed by atoms with van der Waals surface area (Å²) in [6, 6.07) is -0.680. The summed E-state index contributed by atoms with van der Waals surface area (Å²) in [7, 11) is 0. The zero-order valence-corrected chi connectivity index (χ0v) is 16.7. The number of likely N-dealkylation sites (tertiary alicyclic amines) is 1. The van der Waals surface area contributed by atoms with E-state index in [1.54, 1.807) is 32.5 Å². The van der Waals surface area contributed by atoms with E-state index >= 15 is 0 Å². The SMILES string of the molecule is CC(C)(C)OC(=O)N1CCCC1C(=O)OCC(=O)C1=CC2SC=CC2S1. The molecule has 1 amide bonds. The molecule has 0 radical (unpaired) electrons. The number of thioether (sulfide) groups is 2. The topological polar surface area (TPSA) is 72.9 Å². The van der Waals surface area contributed by atoms with Crippen LogP contribution in [0.15, 0.2) is 22.5 Å². The fourth-order valence-corrected chi connectivity index (χ4v) is 5.51. The molecule has 1 fully saturated rings. The highest BCUT2D eigenvalue weighted by Gasteiger charge is 2.38. The Balaban J connectivity index is 1.51. The van der Waals surface area contributed by atoms with Crippen molar-refractivity contribution in [2.75, 3.05) is 13.2 Å². The first-order chi connectivity index (χ1) is 12.2. The normalized spacial score (nSPS) is 27.3. The van der Waals surface area contributed by atoms with Crippen LogP contribution in [0.5, 0.6) is 0 Å². The van der Waals surface area contributed by atoms with Crippen LogP contribution in [0.1, 0.15) is 33.6 Å². The lowest BCUT2D eigenvalue weighted by molar-refractivity contribution is -0.151. The standard InChI is InChI=1S/C18H23NO5S2/c1-18(2,3)24-17(22)19-7-4-5-11(19)16(21)23-10-12(20)14-9-15-13(26-14)6-8-25-15/h6,8-9,11,13,15H,4-5,7,10H2,1-3H3. The van der Waals surface area contributed by atoms with Gasteiger partial charge in [-0.1, -0.05) is 12.2 Å². The molecule has 0 aliphatic carbocycles. The monoisotopic (exact) mass is 397 g/mol. The number of amides is 1. The molecule has 3 heterocycles. The van der Waals surface area contributed by atoms with E-state index < -0.39 is 23.7 Å². The van der Waals surface area contributed by atoms with Crippen molar-refractivity contribution in [2.24, 2.45) is 0 Å². The van der Waals surface area contributed by atoms with Crippen LogP contribution in [0.3, 0.4) is 0 Å². The van der Waals surface area contributed by atoms with Crippen molar-refractivity contribution in [3.63, 3.8) is 0 Å². The van der Waals surface area contributed by atoms with E-state index in [2.05, 4.69) is 6.08 Å². The van der Waals surface area contributed by atoms with Gasteiger partial charge in [-0.05, 0) is 39.0 Å². The lowest BCUT2D eigenvalue weighted by atomic mass is 10.2. The number of Topliss-reactive ketones (excluding diaryl/α,β-unsaturated/α-hetero) is 1. The molecule has 1 saturated heterocycles. The van der Waals surface area contributed by atoms with Gasteiger partial charge in [0.15, 0.2) is 6.61 Å². The van der Waals surface area contributed by atoms with E-state index in [-0.39, 0.29) is 12.4 Å². The molecule has 3 rings (SSSR count). The Labute approximate surface area is 161 Å². The largest absolute Gasteiger partial charge is 0.456 e. The Morgan fingerprint density at radius 2 is 2.04 bits per heavy atom. The van der Waals surface area contributed by atoms with E-state index in [1.807, 2.05) is 11.5 Å². The second kappa shape index (κ2) is 7.68. The molecule has 0 bridgehead atoms. The van der Waals surface area contributed by atoms with Crippen molar-refractivity contribution >= 4 is 41.4 Å². The Morgan fingerprint density at radius 3 is 2.73 bits per heavy atom. The molecule has 3 unspecified atom stereocenters. The second-order valence-electron chi connectivity index (χ2n) is 7.41. The van der Waals surface area contributed by atoms with Gasteiger partial charge in [-0.3, -0.25) is 9.69 Å². The number of carbonyl (C=O) groups is 3. The fourth-order valence-electron chi connectivity index (χ4n) is 2.99. The summed E-state index contributed by atoms with van der Waals surface area (Å²) in [6.07, 6.45) is 4.74. The van der Waals surface area contributed by atoms with Crippen molar-refractivity contribution in [1.82, 2.24) is 4.90 Å². The van der Waals surface area contributed by atoms with Gasteiger partial charge < -0.3 is 9.47 Å². The van der Waals surface area contributed by atoms with Crippen molar-refractivity contribution in [3.05, 3.63) is 22.5 Å². The third-order valence-electron chi connectivity index (χ3n) is 4.18. The van der Waals surface area contributed by atoms with Crippen LogP contribution in [0.25, 0.3) is 0 Å². The van der Waals surface area contributed by atoms with E-state index in [0.29, 0.717) is 34.8 Å². The first-order valence-corrected chi connectivity index (χ1v) is 10.5. The summed E-state index contributed by atoms with van der Waals surface area (Å²) < 4.78 is 10.6. The van der Waals surface area contributed by atoms with Crippen LogP contribution in [0.2, 0.25) is 0 Å². The van der Waals surface area contributed by atoms with Crippen molar-refractivity contribution in [2.45, 2.75) is 55.8 Å². The maximum absolute atomic E-state index is 12.4. The number of fused-ring (bicyclic) bond motifs is 1. The number of hydrogen-bond donors (Lipinski definition) is 0. The van der Waals surface area contributed by atoms with Gasteiger partial charge in [0, 0.05) is 17.0 Å². The minimum atomic E-state index is -0.680. The van der Waals surface area contributed by atoms with Gasteiger partial charge in [-0.15, -0.1) is 23.5 Å². The third-order valence-corrected chi connectivity index (χ3v) is 6.75. The highest BCUT2D eigenvalue weighted by Crippen LogP contribution is 2.44. The van der Waals surface area contributed by atoms with Gasteiger partial charge in [0.1, 0.15) is 11.6 Å². The summed E-state index contributed by atoms with van der Waals surface area (Å²) in [5.74, 6) is -0.728. The van der Waals surface area contributed by atoms with Gasteiger partial charge in [0.05, 0.1) is 4.91 Å². The molecule has 26 heavy (non-hydrogen) atoms. The number of ketones is 1. The zero-order valence-electron chi connectivity index (χ0n) is 15.1. The van der Waals surface area contributed by atoms with E-state index in [4.69, 9.17) is 9.47 Å². The van der Waals surface area contributed by atoms with E-state index in [0.717, 1.165) is 0 Å². The average Bonchev–Trinajstić information content (AvgIpc) is 3.24. The smallest absolute Gasteiger partial charge is 0.411 e. The van der Waals surface area contributed by atoms with E-state index in [1.165, 1.54) is 16.7 Å². The lowest BCUT2D eigenvalue weighted by Gasteiger charge is -2.27. The Bertz CT molecular complexity index is 667. The quantitative estimate of drug-likeness (QED) is 0.675. The summed E-state index contributed by atoms with van der Waals surface area (Å²) in [4.78, 5) is 39.0. The minimum Gasteiger partial charge on any atom is -0.456 e. The first-order valence-electron chi connectivity index (χ1n) is 8.65. The predicted molar refractivity (Wildman–Crippen MR) is 102 cm³/mol. The molecule has 3 aliphatic rings. The molecule has 0 aromatic carbocycles. The Kier molecular flexibility index (Phi) is 5.72. The lowest BCUT2D eigenvalue weighted by Crippen LogP contribution is -2.44. The minimum absolute atomic E-state index is 0.187. The molecule has 0 N–H and O–H groups in total. The van der Waals surface area contributed by atoms with Gasteiger partial charge >= 0.3 is 12.1 Å². The summed E-state index contributed by atoms with van der Waals surface area (Å²) in [5, 5.41) is 2.64. The molecule has 6 nitrogen and oxygen atoms in total. The molecule has 0 saturated carbocycles. The molecule has 0 aromatic rings. The average molecular weight is 398 g/mol. The molecular weight excluding hydrogens is 374 g/mol. The molecule has 0 spiro atoms. The van der Waals surface area contributed by atoms with Crippen LogP contribution < -0.4 is 0 Å². The highest BCUT2D eigenvalue weighted by molar-refractivity contribution is 8.09. The number of rotatable bonds is 4. The number of ether oxygens (including phenoxy) is 2. The molecule has 3 aliphatic heterocycles. The number of esters is 1. The van der Waals surface area contributed by atoms with Crippen molar-refractivity contribution < 1.29 is 23.9 Å². The zero-order chi connectivity index (χ0) is 18.9. The van der Waals surface area contributed by atoms with Crippen LogP contribution in [-0.2, 0) is 19.1 Å². The predicted octanol–water partition coefficient (Wildman–Crippen LogP) is 3.13. The molecule has 3 atom stereocenters. The van der Waals surface area contributed by atoms with Crippen molar-refractivity contribution in [1.29, 1.82) is 0 Å². The summed E-state index contributed by atoms with van der Waals surface area (Å²) in [5.41, 5.74) is -0.624. The number of carbonyl (C=O) groups excluding carboxylic acids is 3. The van der Waals surface area contributed by atoms with Crippen LogP contribution >= 0.6 is 23.5 Å². The van der Waals surface area contributed by atoms with Gasteiger partial charge in [-0.25, -0.2) is 9.59 Å². The highest BCUT2D eigenvalue weighted by atomic mass is 32.2. The van der Waals surface area contributed by atoms with Crippen LogP contribution in [0.4, 0.5) is 4.79 Å². The maximum Gasteiger partial charge on any atom is 0.411 e. The van der Waals surface area contributed by atoms with Crippen LogP contribution in [-0.4, -0.2) is 58.0 Å². The van der Waals surface area contributed by atoms with Crippen LogP contribution in [0, 0.1) is 0 Å². The van der Waals surface area contributed by atoms with Crippen molar-refractivity contribution in [3.8, 4) is 0 Å². The second-order valence-corrected chi connectivity index (χ2v) is 9.71. The fraction of sp³-hybridized carbons (Fsp3) is 0.611. The Hall–Kier alpha value is -1.41.